The first-order valence-electron chi connectivity index (χ1n) is 15.4. The molecule has 8 heteroatoms. The predicted molar refractivity (Wildman–Crippen MR) is 185 cm³/mol. The Kier molecular flexibility index (Phi) is 11.1. The molecule has 0 bridgehead atoms. The average Bonchev–Trinajstić information content (AvgIpc) is 3.06. The maximum atomic E-state index is 12.3. The van der Waals surface area contributed by atoms with Gasteiger partial charge in [0.25, 0.3) is 0 Å². The molecule has 4 rings (SSSR count). The monoisotopic (exact) mass is 646 g/mol. The molecule has 4 aromatic rings. The van der Waals surface area contributed by atoms with Crippen LogP contribution in [0.3, 0.4) is 0 Å². The Balaban J connectivity index is 1.58. The molecular formula is C40H38O8. The van der Waals surface area contributed by atoms with Gasteiger partial charge in [0.2, 0.25) is 0 Å². The molecule has 0 radical (unpaired) electrons. The van der Waals surface area contributed by atoms with Gasteiger partial charge in [-0.25, -0.2) is 9.59 Å². The lowest BCUT2D eigenvalue weighted by molar-refractivity contribution is -0.139. The van der Waals surface area contributed by atoms with Gasteiger partial charge in [-0.15, -0.1) is 0 Å². The first kappa shape index (κ1) is 35.1. The molecule has 0 saturated carbocycles. The van der Waals surface area contributed by atoms with Crippen molar-refractivity contribution in [2.45, 2.75) is 41.5 Å². The van der Waals surface area contributed by atoms with Crippen molar-refractivity contribution in [3.05, 3.63) is 109 Å². The highest BCUT2D eigenvalue weighted by atomic mass is 16.6. The summed E-state index contributed by atoms with van der Waals surface area (Å²) in [7, 11) is 0. The van der Waals surface area contributed by atoms with Crippen LogP contribution in [0.1, 0.15) is 41.5 Å². The van der Waals surface area contributed by atoms with Gasteiger partial charge in [-0.3, -0.25) is 9.59 Å². The molecule has 0 aliphatic heterocycles. The number of rotatable bonds is 11. The quantitative estimate of drug-likeness (QED) is 0.0905. The molecule has 246 valence electrons. The van der Waals surface area contributed by atoms with Gasteiger partial charge in [-0.1, -0.05) is 102 Å². The highest BCUT2D eigenvalue weighted by Crippen LogP contribution is 2.36. The topological polar surface area (TPSA) is 105 Å². The van der Waals surface area contributed by atoms with Crippen molar-refractivity contribution in [2.24, 2.45) is 11.8 Å². The highest BCUT2D eigenvalue weighted by Gasteiger charge is 2.19. The summed E-state index contributed by atoms with van der Waals surface area (Å²) in [6, 6.07) is 25.8. The van der Waals surface area contributed by atoms with E-state index in [1.165, 1.54) is 0 Å². The van der Waals surface area contributed by atoms with Gasteiger partial charge in [0.15, 0.2) is 23.0 Å². The Hall–Kier alpha value is -5.76. The fourth-order valence-corrected chi connectivity index (χ4v) is 4.24. The summed E-state index contributed by atoms with van der Waals surface area (Å²) in [5.41, 5.74) is 5.61. The van der Waals surface area contributed by atoms with Crippen LogP contribution in [0.25, 0.3) is 33.4 Å². The molecule has 0 N–H and O–H groups in total. The summed E-state index contributed by atoms with van der Waals surface area (Å²) in [4.78, 5) is 49.1. The third kappa shape index (κ3) is 8.73. The zero-order chi connectivity index (χ0) is 35.1. The molecule has 0 atom stereocenters. The predicted octanol–water partition coefficient (Wildman–Crippen LogP) is 8.77. The SMILES string of the molecule is C=C(C)C(=O)Oc1cc(-c2ccc(-c3ccc(-c4ccc(OC(=O)C(C)C)c(OC(=O)C(=C)C)c4)cc3)cc2)ccc1OC(=O)C(C)C. The Morgan fingerprint density at radius 2 is 0.708 bits per heavy atom. The van der Waals surface area contributed by atoms with Gasteiger partial charge >= 0.3 is 23.9 Å². The van der Waals surface area contributed by atoms with Crippen LogP contribution >= 0.6 is 0 Å². The normalized spacial score (nSPS) is 10.8. The van der Waals surface area contributed by atoms with Crippen molar-refractivity contribution in [3.63, 3.8) is 0 Å². The van der Waals surface area contributed by atoms with E-state index in [4.69, 9.17) is 18.9 Å². The summed E-state index contributed by atoms with van der Waals surface area (Å²) in [6.07, 6.45) is 0. The number of carbonyl (C=O) groups excluding carboxylic acids is 4. The second-order valence-corrected chi connectivity index (χ2v) is 12.0. The Bertz CT molecular complexity index is 1740. The lowest BCUT2D eigenvalue weighted by Crippen LogP contribution is -2.16. The minimum absolute atomic E-state index is 0.123. The van der Waals surface area contributed by atoms with E-state index >= 15 is 0 Å². The molecule has 4 aromatic carbocycles. The number of carbonyl (C=O) groups is 4. The fourth-order valence-electron chi connectivity index (χ4n) is 4.24. The first-order chi connectivity index (χ1) is 22.7. The third-order valence-corrected chi connectivity index (χ3v) is 7.12. The molecule has 48 heavy (non-hydrogen) atoms. The average molecular weight is 647 g/mol. The van der Waals surface area contributed by atoms with Gasteiger partial charge in [0.1, 0.15) is 0 Å². The van der Waals surface area contributed by atoms with Gasteiger partial charge in [0, 0.05) is 11.1 Å². The molecule has 0 aliphatic rings. The van der Waals surface area contributed by atoms with Crippen molar-refractivity contribution in [3.8, 4) is 56.4 Å². The van der Waals surface area contributed by atoms with Gasteiger partial charge in [-0.2, -0.15) is 0 Å². The Morgan fingerprint density at radius 3 is 0.979 bits per heavy atom. The fraction of sp³-hybridized carbons (Fsp3) is 0.200. The largest absolute Gasteiger partial charge is 0.422 e. The summed E-state index contributed by atoms with van der Waals surface area (Å²) in [5.74, 6) is -2.31. The lowest BCUT2D eigenvalue weighted by Gasteiger charge is -2.14. The lowest BCUT2D eigenvalue weighted by atomic mass is 9.98. The van der Waals surface area contributed by atoms with Crippen LogP contribution in [0.15, 0.2) is 109 Å². The Labute approximate surface area is 280 Å². The van der Waals surface area contributed by atoms with Crippen molar-refractivity contribution in [1.29, 1.82) is 0 Å². The van der Waals surface area contributed by atoms with Crippen LogP contribution in [-0.2, 0) is 19.2 Å². The maximum absolute atomic E-state index is 12.3. The second-order valence-electron chi connectivity index (χ2n) is 12.0. The standard InChI is InChI=1S/C40H38O8/c1-23(2)37(41)45-33-19-17-31(21-35(33)47-39(43)25(5)6)29-13-9-27(10-14-29)28-11-15-30(16-12-28)32-18-20-34(46-38(42)24(3)4)36(22-32)48-40(44)26(7)8/h9-24H,5,7H2,1-4,6,8H3. The molecule has 0 aliphatic carbocycles. The van der Waals surface area contributed by atoms with E-state index in [-0.39, 0.29) is 46.0 Å². The van der Waals surface area contributed by atoms with Crippen LogP contribution in [0.4, 0.5) is 0 Å². The van der Waals surface area contributed by atoms with Crippen molar-refractivity contribution in [2.75, 3.05) is 0 Å². The Morgan fingerprint density at radius 1 is 0.438 bits per heavy atom. The zero-order valence-corrected chi connectivity index (χ0v) is 27.9. The van der Waals surface area contributed by atoms with Crippen molar-refractivity contribution >= 4 is 23.9 Å². The summed E-state index contributed by atoms with van der Waals surface area (Å²) in [6.45, 7) is 17.2. The second kappa shape index (κ2) is 15.2. The summed E-state index contributed by atoms with van der Waals surface area (Å²) >= 11 is 0. The molecule has 0 amide bonds. The van der Waals surface area contributed by atoms with Crippen LogP contribution in [-0.4, -0.2) is 23.9 Å². The van der Waals surface area contributed by atoms with Crippen LogP contribution in [0.5, 0.6) is 23.0 Å². The number of ether oxygens (including phenoxy) is 4. The van der Waals surface area contributed by atoms with Gasteiger partial charge in [-0.05, 0) is 71.5 Å². The van der Waals surface area contributed by atoms with Crippen LogP contribution in [0, 0.1) is 11.8 Å². The number of hydrogen-bond donors (Lipinski definition) is 0. The molecule has 0 unspecified atom stereocenters. The van der Waals surface area contributed by atoms with Crippen molar-refractivity contribution in [1.82, 2.24) is 0 Å². The van der Waals surface area contributed by atoms with E-state index in [1.807, 2.05) is 48.5 Å². The summed E-state index contributed by atoms with van der Waals surface area (Å²) in [5, 5.41) is 0. The molecule has 0 saturated heterocycles. The van der Waals surface area contributed by atoms with Crippen LogP contribution in [0.2, 0.25) is 0 Å². The highest BCUT2D eigenvalue weighted by molar-refractivity contribution is 5.90. The van der Waals surface area contributed by atoms with Crippen molar-refractivity contribution < 1.29 is 38.1 Å². The minimum Gasteiger partial charge on any atom is -0.422 e. The minimum atomic E-state index is -0.623. The molecule has 8 nitrogen and oxygen atoms in total. The van der Waals surface area contributed by atoms with E-state index in [9.17, 15) is 19.2 Å². The number of benzene rings is 4. The van der Waals surface area contributed by atoms with E-state index in [0.717, 1.165) is 33.4 Å². The van der Waals surface area contributed by atoms with E-state index < -0.39 is 23.9 Å². The van der Waals surface area contributed by atoms with Gasteiger partial charge < -0.3 is 18.9 Å². The molecule has 0 fully saturated rings. The molecular weight excluding hydrogens is 608 g/mol. The maximum Gasteiger partial charge on any atom is 0.338 e. The first-order valence-corrected chi connectivity index (χ1v) is 15.4. The number of esters is 4. The smallest absolute Gasteiger partial charge is 0.338 e. The van der Waals surface area contributed by atoms with E-state index in [2.05, 4.69) is 13.2 Å². The molecule has 0 spiro atoms. The zero-order valence-electron chi connectivity index (χ0n) is 27.9. The van der Waals surface area contributed by atoms with E-state index in [0.29, 0.717) is 0 Å². The van der Waals surface area contributed by atoms with Gasteiger partial charge in [0.05, 0.1) is 11.8 Å². The van der Waals surface area contributed by atoms with E-state index in [1.54, 1.807) is 77.9 Å². The summed E-state index contributed by atoms with van der Waals surface area (Å²) < 4.78 is 21.9. The number of hydrogen-bond acceptors (Lipinski definition) is 8. The molecule has 0 heterocycles. The van der Waals surface area contributed by atoms with Crippen LogP contribution < -0.4 is 18.9 Å². The molecule has 0 aromatic heterocycles. The third-order valence-electron chi connectivity index (χ3n) is 7.12.